The molecular formula is C50H86N16O14. The number of unbranched alkanes of at least 4 members (excludes halogenated alkanes) is 1. The first-order valence-corrected chi connectivity index (χ1v) is 26.8. The normalized spacial score (nSPS) is 23.1. The molecule has 30 heteroatoms. The minimum Gasteiger partial charge on any atom is -0.465 e. The van der Waals surface area contributed by atoms with E-state index in [2.05, 4.69) is 58.5 Å². The van der Waals surface area contributed by atoms with Crippen molar-refractivity contribution in [3.63, 3.8) is 0 Å². The first kappa shape index (κ1) is 69.0. The number of aliphatic hydroxyl groups is 2. The standard InChI is InChI=1S/C50H86N16O14/c1-26(2)24-36-46(75)59-31(13-19-52)40(69)58-34(16-22-55)45(74)65-38(27(3)67)48(77)56-23-17-35(43(72)57-32(14-20-53)42(71)63-37(47(76)62-36)25-29-10-6-5-7-11-29)60-41(70)33(15-21-54)61-49(78)39(28(4)68)66-44(73)30(64-50(79)80)12-8-9-18-51/h5-7,10-11,26-28,30-39,64,67-68H,8-9,12-25,51-55H2,1-4H3,(H,56,77)(H,57,72)(H,58,69)(H,59,75)(H,60,70)(H,61,78)(H,62,76)(H,63,71)(H,65,74)(H,66,73)(H,79,80)/t27-,28-,30+,31+,32+,33+,34+,35+,36+,37-,38+,39+/m1/s1. The Balaban J connectivity index is 2.73. The molecule has 1 aliphatic rings. The Morgan fingerprint density at radius 2 is 1.06 bits per heavy atom. The molecule has 0 spiro atoms. The average Bonchev–Trinajstić information content (AvgIpc) is 3.39. The van der Waals surface area contributed by atoms with Crippen LogP contribution >= 0.6 is 0 Å². The molecule has 1 aliphatic heterocycles. The number of hydrogen-bond donors (Lipinski definition) is 19. The lowest BCUT2D eigenvalue weighted by Crippen LogP contribution is -2.62. The summed E-state index contributed by atoms with van der Waals surface area (Å²) in [5.41, 5.74) is 29.6. The minimum absolute atomic E-state index is 0.0124. The second kappa shape index (κ2) is 36.2. The van der Waals surface area contributed by atoms with Crippen molar-refractivity contribution in [2.24, 2.45) is 34.6 Å². The number of nitrogens with two attached hydrogens (primary N) is 5. The molecule has 450 valence electrons. The van der Waals surface area contributed by atoms with Crippen LogP contribution in [-0.4, -0.2) is 192 Å². The Bertz CT molecular complexity index is 2210. The molecule has 1 fully saturated rings. The topological polar surface area (TPSA) is 511 Å². The maximum Gasteiger partial charge on any atom is 0.405 e. The van der Waals surface area contributed by atoms with Crippen molar-refractivity contribution in [3.8, 4) is 0 Å². The summed E-state index contributed by atoms with van der Waals surface area (Å²) in [4.78, 5) is 151. The highest BCUT2D eigenvalue weighted by atomic mass is 16.4. The molecule has 0 saturated carbocycles. The molecule has 12 atom stereocenters. The quantitative estimate of drug-likeness (QED) is 0.0405. The Morgan fingerprint density at radius 1 is 0.562 bits per heavy atom. The van der Waals surface area contributed by atoms with Gasteiger partial charge < -0.3 is 102 Å². The third kappa shape index (κ3) is 24.1. The molecule has 2 rings (SSSR count). The van der Waals surface area contributed by atoms with Gasteiger partial charge in [0.2, 0.25) is 59.1 Å². The van der Waals surface area contributed by atoms with Crippen molar-refractivity contribution >= 4 is 65.2 Å². The number of hydrogen-bond acceptors (Lipinski definition) is 18. The summed E-state index contributed by atoms with van der Waals surface area (Å²) in [6.45, 7) is 4.94. The van der Waals surface area contributed by atoms with E-state index >= 15 is 0 Å². The van der Waals surface area contributed by atoms with Crippen LogP contribution in [0.1, 0.15) is 91.0 Å². The number of carbonyl (C=O) groups excluding carboxylic acids is 10. The van der Waals surface area contributed by atoms with Crippen molar-refractivity contribution in [3.05, 3.63) is 35.9 Å². The lowest BCUT2D eigenvalue weighted by atomic mass is 10.00. The van der Waals surface area contributed by atoms with Crippen LogP contribution in [0.4, 0.5) is 4.79 Å². The zero-order valence-corrected chi connectivity index (χ0v) is 45.9. The van der Waals surface area contributed by atoms with Crippen LogP contribution in [0.15, 0.2) is 30.3 Å². The molecule has 1 heterocycles. The zero-order valence-electron chi connectivity index (χ0n) is 45.9. The Labute approximate surface area is 464 Å². The number of carbonyl (C=O) groups is 11. The maximum absolute atomic E-state index is 14.4. The third-order valence-electron chi connectivity index (χ3n) is 12.7. The van der Waals surface area contributed by atoms with Gasteiger partial charge in [0.1, 0.15) is 60.4 Å². The van der Waals surface area contributed by atoms with Crippen LogP contribution in [0, 0.1) is 5.92 Å². The van der Waals surface area contributed by atoms with Crippen molar-refractivity contribution in [1.82, 2.24) is 58.5 Å². The van der Waals surface area contributed by atoms with E-state index in [1.165, 1.54) is 6.92 Å². The summed E-state index contributed by atoms with van der Waals surface area (Å²) in [5.74, 6) is -9.84. The van der Waals surface area contributed by atoms with E-state index < -0.39 is 151 Å². The first-order chi connectivity index (χ1) is 37.9. The van der Waals surface area contributed by atoms with Crippen LogP contribution in [0.25, 0.3) is 0 Å². The molecule has 1 aromatic rings. The van der Waals surface area contributed by atoms with E-state index in [-0.39, 0.29) is 83.6 Å². The van der Waals surface area contributed by atoms with Gasteiger partial charge in [-0.2, -0.15) is 0 Å². The van der Waals surface area contributed by atoms with E-state index in [1.807, 2.05) is 0 Å². The second-order valence-electron chi connectivity index (χ2n) is 19.9. The number of carboxylic acid groups (broad SMARTS) is 1. The second-order valence-corrected chi connectivity index (χ2v) is 19.9. The van der Waals surface area contributed by atoms with Gasteiger partial charge in [0.15, 0.2) is 0 Å². The summed E-state index contributed by atoms with van der Waals surface area (Å²) in [6, 6.07) is -6.61. The summed E-state index contributed by atoms with van der Waals surface area (Å²) < 4.78 is 0. The fraction of sp³-hybridized carbons (Fsp3) is 0.660. The van der Waals surface area contributed by atoms with Crippen LogP contribution in [0.5, 0.6) is 0 Å². The summed E-state index contributed by atoms with van der Waals surface area (Å²) >= 11 is 0. The molecule has 0 aliphatic carbocycles. The van der Waals surface area contributed by atoms with Crippen LogP contribution < -0.4 is 87.2 Å². The van der Waals surface area contributed by atoms with Gasteiger partial charge in [-0.15, -0.1) is 0 Å². The summed E-state index contributed by atoms with van der Waals surface area (Å²) in [7, 11) is 0. The number of benzene rings is 1. The van der Waals surface area contributed by atoms with Crippen LogP contribution in [-0.2, 0) is 54.4 Å². The van der Waals surface area contributed by atoms with E-state index in [4.69, 9.17) is 28.7 Å². The lowest BCUT2D eigenvalue weighted by Gasteiger charge is -2.29. The van der Waals surface area contributed by atoms with Gasteiger partial charge in [-0.3, -0.25) is 47.9 Å². The highest BCUT2D eigenvalue weighted by molar-refractivity contribution is 5.99. The number of nitrogens with one attached hydrogen (secondary N) is 11. The summed E-state index contributed by atoms with van der Waals surface area (Å²) in [6.07, 6.45) is -5.41. The largest absolute Gasteiger partial charge is 0.465 e. The number of rotatable bonds is 25. The van der Waals surface area contributed by atoms with Gasteiger partial charge >= 0.3 is 6.09 Å². The van der Waals surface area contributed by atoms with Gasteiger partial charge in [-0.1, -0.05) is 44.2 Å². The smallest absolute Gasteiger partial charge is 0.405 e. The molecular weight excluding hydrogens is 1050 g/mol. The molecule has 0 bridgehead atoms. The predicted molar refractivity (Wildman–Crippen MR) is 291 cm³/mol. The van der Waals surface area contributed by atoms with Crippen molar-refractivity contribution in [2.75, 3.05) is 39.3 Å². The molecule has 0 aromatic heterocycles. The molecule has 0 radical (unpaired) electrons. The highest BCUT2D eigenvalue weighted by Crippen LogP contribution is 2.12. The third-order valence-corrected chi connectivity index (χ3v) is 12.7. The SMILES string of the molecule is CC(C)C[C@@H]1NC(=O)[C@@H](Cc2ccccc2)NC(=O)[C@H](CCN)NC(=O)[C@@H](NC(=O)[C@H](CCN)NC(=O)[C@@H](NC(=O)[C@H](CCCCN)NC(=O)O)[C@@H](C)O)CCNC(=O)[C@H]([C@@H](C)O)NC(=O)[C@H](CCN)NC(=O)[C@H](CCN)NC1=O. The Morgan fingerprint density at radius 3 is 1.56 bits per heavy atom. The lowest BCUT2D eigenvalue weighted by molar-refractivity contribution is -0.136. The molecule has 1 aromatic carbocycles. The van der Waals surface area contributed by atoms with Gasteiger partial charge in [0.25, 0.3) is 0 Å². The van der Waals surface area contributed by atoms with Crippen LogP contribution in [0.2, 0.25) is 0 Å². The predicted octanol–water partition coefficient (Wildman–Crippen LogP) is -6.92. The Kier molecular flexibility index (Phi) is 31.3. The molecule has 0 unspecified atom stereocenters. The zero-order chi connectivity index (χ0) is 60.1. The number of amides is 11. The molecule has 80 heavy (non-hydrogen) atoms. The Hall–Kier alpha value is -7.09. The highest BCUT2D eigenvalue weighted by Gasteiger charge is 2.37. The van der Waals surface area contributed by atoms with Gasteiger partial charge in [0, 0.05) is 13.0 Å². The van der Waals surface area contributed by atoms with Crippen molar-refractivity contribution in [1.29, 1.82) is 0 Å². The fourth-order valence-corrected chi connectivity index (χ4v) is 8.35. The molecule has 24 N–H and O–H groups in total. The van der Waals surface area contributed by atoms with Gasteiger partial charge in [-0.05, 0) is 116 Å². The fourth-order valence-electron chi connectivity index (χ4n) is 8.35. The minimum atomic E-state index is -1.76. The molecule has 30 nitrogen and oxygen atoms in total. The van der Waals surface area contributed by atoms with Gasteiger partial charge in [-0.25, -0.2) is 4.79 Å². The first-order valence-electron chi connectivity index (χ1n) is 26.8. The van der Waals surface area contributed by atoms with E-state index in [0.717, 1.165) is 6.92 Å². The average molecular weight is 1140 g/mol. The van der Waals surface area contributed by atoms with E-state index in [0.29, 0.717) is 18.4 Å². The summed E-state index contributed by atoms with van der Waals surface area (Å²) in [5, 5.41) is 57.8. The number of aliphatic hydroxyl groups excluding tert-OH is 2. The molecule has 1 saturated heterocycles. The van der Waals surface area contributed by atoms with E-state index in [1.54, 1.807) is 44.2 Å². The van der Waals surface area contributed by atoms with Crippen molar-refractivity contribution in [2.45, 2.75) is 165 Å². The van der Waals surface area contributed by atoms with Crippen LogP contribution in [0.3, 0.4) is 0 Å². The van der Waals surface area contributed by atoms with Gasteiger partial charge in [0.05, 0.1) is 12.2 Å². The maximum atomic E-state index is 14.4. The molecule has 11 amide bonds. The monoisotopic (exact) mass is 1130 g/mol. The van der Waals surface area contributed by atoms with E-state index in [9.17, 15) is 68.1 Å². The van der Waals surface area contributed by atoms with Crippen molar-refractivity contribution < 1.29 is 68.1 Å².